The summed E-state index contributed by atoms with van der Waals surface area (Å²) in [4.78, 5) is 16.0. The van der Waals surface area contributed by atoms with Gasteiger partial charge in [0.05, 0.1) is 6.54 Å². The van der Waals surface area contributed by atoms with E-state index in [4.69, 9.17) is 0 Å². The molecule has 0 radical (unpaired) electrons. The SMILES string of the molecule is Cc1ccc(C(=O)Nc2ccc(Cn3cncn3)cc2)cc1. The van der Waals surface area contributed by atoms with Crippen LogP contribution >= 0.6 is 0 Å². The number of hydrogen-bond donors (Lipinski definition) is 1. The molecule has 1 aromatic heterocycles. The Balaban J connectivity index is 1.65. The van der Waals surface area contributed by atoms with Crippen LogP contribution < -0.4 is 5.32 Å². The highest BCUT2D eigenvalue weighted by atomic mass is 16.1. The fourth-order valence-electron chi connectivity index (χ4n) is 2.10. The first kappa shape index (κ1) is 14.0. The Morgan fingerprint density at radius 1 is 1.09 bits per heavy atom. The fraction of sp³-hybridized carbons (Fsp3) is 0.118. The third-order valence-corrected chi connectivity index (χ3v) is 3.34. The van der Waals surface area contributed by atoms with Gasteiger partial charge in [0, 0.05) is 11.3 Å². The molecule has 0 aliphatic carbocycles. The predicted molar refractivity (Wildman–Crippen MR) is 84.7 cm³/mol. The summed E-state index contributed by atoms with van der Waals surface area (Å²) in [6.45, 7) is 2.65. The summed E-state index contributed by atoms with van der Waals surface area (Å²) in [5.41, 5.74) is 3.65. The molecule has 0 fully saturated rings. The second-order valence-corrected chi connectivity index (χ2v) is 5.11. The molecule has 0 spiro atoms. The summed E-state index contributed by atoms with van der Waals surface area (Å²) in [7, 11) is 0. The smallest absolute Gasteiger partial charge is 0.255 e. The third-order valence-electron chi connectivity index (χ3n) is 3.34. The largest absolute Gasteiger partial charge is 0.322 e. The van der Waals surface area contributed by atoms with Gasteiger partial charge in [0.1, 0.15) is 12.7 Å². The van der Waals surface area contributed by atoms with E-state index in [9.17, 15) is 4.79 Å². The van der Waals surface area contributed by atoms with E-state index in [0.29, 0.717) is 12.1 Å². The number of aromatic nitrogens is 3. The molecule has 110 valence electrons. The van der Waals surface area contributed by atoms with E-state index in [1.54, 1.807) is 11.0 Å². The van der Waals surface area contributed by atoms with Gasteiger partial charge < -0.3 is 5.32 Å². The lowest BCUT2D eigenvalue weighted by molar-refractivity contribution is 0.102. The maximum absolute atomic E-state index is 12.1. The first-order valence-corrected chi connectivity index (χ1v) is 7.00. The van der Waals surface area contributed by atoms with Crippen LogP contribution in [0.15, 0.2) is 61.2 Å². The summed E-state index contributed by atoms with van der Waals surface area (Å²) in [5.74, 6) is -0.107. The van der Waals surface area contributed by atoms with Crippen molar-refractivity contribution in [3.8, 4) is 0 Å². The van der Waals surface area contributed by atoms with E-state index >= 15 is 0 Å². The minimum absolute atomic E-state index is 0.107. The second kappa shape index (κ2) is 6.22. The van der Waals surface area contributed by atoms with Crippen LogP contribution in [0.4, 0.5) is 5.69 Å². The van der Waals surface area contributed by atoms with Crippen LogP contribution in [0.3, 0.4) is 0 Å². The summed E-state index contributed by atoms with van der Waals surface area (Å²) in [6, 6.07) is 15.2. The van der Waals surface area contributed by atoms with Crippen molar-refractivity contribution in [1.82, 2.24) is 14.8 Å². The molecule has 3 rings (SSSR count). The van der Waals surface area contributed by atoms with Gasteiger partial charge in [0.2, 0.25) is 0 Å². The molecule has 1 heterocycles. The van der Waals surface area contributed by atoms with Crippen molar-refractivity contribution < 1.29 is 4.79 Å². The number of amides is 1. The van der Waals surface area contributed by atoms with Crippen molar-refractivity contribution in [2.24, 2.45) is 0 Å². The Morgan fingerprint density at radius 2 is 1.82 bits per heavy atom. The van der Waals surface area contributed by atoms with Crippen LogP contribution in [-0.4, -0.2) is 20.7 Å². The number of nitrogens with one attached hydrogen (secondary N) is 1. The highest BCUT2D eigenvalue weighted by Gasteiger charge is 2.05. The second-order valence-electron chi connectivity index (χ2n) is 5.11. The Morgan fingerprint density at radius 3 is 2.45 bits per heavy atom. The molecule has 0 aliphatic rings. The molecular formula is C17H16N4O. The number of nitrogens with zero attached hydrogens (tertiary/aromatic N) is 3. The maximum Gasteiger partial charge on any atom is 0.255 e. The van der Waals surface area contributed by atoms with Crippen molar-refractivity contribution in [2.45, 2.75) is 13.5 Å². The Kier molecular flexibility index (Phi) is 3.96. The van der Waals surface area contributed by atoms with Crippen LogP contribution in [0, 0.1) is 6.92 Å². The van der Waals surface area contributed by atoms with E-state index in [1.165, 1.54) is 6.33 Å². The molecule has 5 nitrogen and oxygen atoms in total. The highest BCUT2D eigenvalue weighted by Crippen LogP contribution is 2.12. The van der Waals surface area contributed by atoms with E-state index in [0.717, 1.165) is 16.8 Å². The average molecular weight is 292 g/mol. The lowest BCUT2D eigenvalue weighted by Crippen LogP contribution is -2.11. The van der Waals surface area contributed by atoms with Gasteiger partial charge >= 0.3 is 0 Å². The maximum atomic E-state index is 12.1. The molecule has 0 saturated carbocycles. The van der Waals surface area contributed by atoms with Crippen LogP contribution in [0.5, 0.6) is 0 Å². The number of anilines is 1. The number of hydrogen-bond acceptors (Lipinski definition) is 3. The van der Waals surface area contributed by atoms with Crippen LogP contribution in [-0.2, 0) is 6.54 Å². The van der Waals surface area contributed by atoms with Crippen molar-refractivity contribution in [1.29, 1.82) is 0 Å². The molecule has 1 N–H and O–H groups in total. The molecular weight excluding hydrogens is 276 g/mol. The Hall–Kier alpha value is -2.95. The van der Waals surface area contributed by atoms with Gasteiger partial charge in [-0.05, 0) is 36.8 Å². The summed E-state index contributed by atoms with van der Waals surface area (Å²) < 4.78 is 1.75. The molecule has 1 amide bonds. The minimum atomic E-state index is -0.107. The lowest BCUT2D eigenvalue weighted by atomic mass is 10.1. The van der Waals surface area contributed by atoms with Crippen molar-refractivity contribution in [3.63, 3.8) is 0 Å². The van der Waals surface area contributed by atoms with Gasteiger partial charge in [-0.3, -0.25) is 4.79 Å². The Labute approximate surface area is 128 Å². The monoisotopic (exact) mass is 292 g/mol. The standard InChI is InChI=1S/C17H16N4O/c1-13-2-6-15(7-3-13)17(22)20-16-8-4-14(5-9-16)10-21-12-18-11-19-21/h2-9,11-12H,10H2,1H3,(H,20,22). The van der Waals surface area contributed by atoms with Crippen molar-refractivity contribution >= 4 is 11.6 Å². The summed E-state index contributed by atoms with van der Waals surface area (Å²) in [5, 5.41) is 6.95. The van der Waals surface area contributed by atoms with Crippen LogP contribution in [0.25, 0.3) is 0 Å². The lowest BCUT2D eigenvalue weighted by Gasteiger charge is -2.07. The van der Waals surface area contributed by atoms with Gasteiger partial charge in [0.15, 0.2) is 0 Å². The number of rotatable bonds is 4. The Bertz CT molecular complexity index is 746. The summed E-state index contributed by atoms with van der Waals surface area (Å²) >= 11 is 0. The first-order chi connectivity index (χ1) is 10.7. The van der Waals surface area contributed by atoms with E-state index in [-0.39, 0.29) is 5.91 Å². The molecule has 0 saturated heterocycles. The normalized spacial score (nSPS) is 10.4. The van der Waals surface area contributed by atoms with Gasteiger partial charge in [0.25, 0.3) is 5.91 Å². The molecule has 22 heavy (non-hydrogen) atoms. The van der Waals surface area contributed by atoms with E-state index in [2.05, 4.69) is 15.4 Å². The zero-order valence-corrected chi connectivity index (χ0v) is 12.2. The van der Waals surface area contributed by atoms with Gasteiger partial charge in [-0.25, -0.2) is 9.67 Å². The van der Waals surface area contributed by atoms with E-state index < -0.39 is 0 Å². The van der Waals surface area contributed by atoms with Crippen LogP contribution in [0.2, 0.25) is 0 Å². The molecule has 0 bridgehead atoms. The number of carbonyl (C=O) groups excluding carboxylic acids is 1. The number of carbonyl (C=O) groups is 1. The topological polar surface area (TPSA) is 59.8 Å². The number of aryl methyl sites for hydroxylation is 1. The predicted octanol–water partition coefficient (Wildman–Crippen LogP) is 2.89. The highest BCUT2D eigenvalue weighted by molar-refractivity contribution is 6.04. The van der Waals surface area contributed by atoms with Gasteiger partial charge in [-0.1, -0.05) is 29.8 Å². The third kappa shape index (κ3) is 3.38. The van der Waals surface area contributed by atoms with Gasteiger partial charge in [-0.15, -0.1) is 0 Å². The minimum Gasteiger partial charge on any atom is -0.322 e. The quantitative estimate of drug-likeness (QED) is 0.804. The molecule has 3 aromatic rings. The average Bonchev–Trinajstić information content (AvgIpc) is 3.03. The molecule has 0 aliphatic heterocycles. The molecule has 0 unspecified atom stereocenters. The fourth-order valence-corrected chi connectivity index (χ4v) is 2.10. The first-order valence-electron chi connectivity index (χ1n) is 7.00. The van der Waals surface area contributed by atoms with Crippen LogP contribution in [0.1, 0.15) is 21.5 Å². The molecule has 5 heteroatoms. The molecule has 2 aromatic carbocycles. The van der Waals surface area contributed by atoms with Crippen molar-refractivity contribution in [3.05, 3.63) is 77.9 Å². The summed E-state index contributed by atoms with van der Waals surface area (Å²) in [6.07, 6.45) is 3.18. The zero-order valence-electron chi connectivity index (χ0n) is 12.2. The number of benzene rings is 2. The molecule has 0 atom stereocenters. The zero-order chi connectivity index (χ0) is 15.4. The van der Waals surface area contributed by atoms with E-state index in [1.807, 2.05) is 55.5 Å². The van der Waals surface area contributed by atoms with Gasteiger partial charge in [-0.2, -0.15) is 5.10 Å². The van der Waals surface area contributed by atoms with Crippen molar-refractivity contribution in [2.75, 3.05) is 5.32 Å².